The topological polar surface area (TPSA) is 42.2 Å². The minimum absolute atomic E-state index is 0.0191. The standard InChI is InChI=1S/C16H12BrNO2/c1-19-11-5-6-15-10(7-11)8-16(20-15)12-3-2-4-14(17)13(12)9-18/h2-8,10,15H,1H3. The average Bonchev–Trinajstić information content (AvgIpc) is 2.89. The Morgan fingerprint density at radius 2 is 2.20 bits per heavy atom. The van der Waals surface area contributed by atoms with Crippen molar-refractivity contribution in [2.24, 2.45) is 5.92 Å². The molecule has 2 unspecified atom stereocenters. The summed E-state index contributed by atoms with van der Waals surface area (Å²) in [6.45, 7) is 0. The smallest absolute Gasteiger partial charge is 0.127 e. The van der Waals surface area contributed by atoms with Crippen LogP contribution in [0.3, 0.4) is 0 Å². The summed E-state index contributed by atoms with van der Waals surface area (Å²) in [7, 11) is 1.65. The van der Waals surface area contributed by atoms with E-state index in [0.717, 1.165) is 21.6 Å². The highest BCUT2D eigenvalue weighted by Gasteiger charge is 2.30. The van der Waals surface area contributed by atoms with E-state index in [1.807, 2.05) is 42.5 Å². The minimum atomic E-state index is -0.0191. The zero-order valence-electron chi connectivity index (χ0n) is 10.8. The highest BCUT2D eigenvalue weighted by atomic mass is 79.9. The molecular formula is C16H12BrNO2. The van der Waals surface area contributed by atoms with Gasteiger partial charge in [0.25, 0.3) is 0 Å². The van der Waals surface area contributed by atoms with Crippen molar-refractivity contribution in [3.8, 4) is 6.07 Å². The number of nitrogens with zero attached hydrogens (tertiary/aromatic N) is 1. The molecule has 1 aliphatic carbocycles. The molecule has 20 heavy (non-hydrogen) atoms. The fourth-order valence-electron chi connectivity index (χ4n) is 2.41. The number of benzene rings is 1. The molecule has 0 saturated carbocycles. The van der Waals surface area contributed by atoms with E-state index in [1.165, 1.54) is 0 Å². The molecule has 1 aromatic carbocycles. The Bertz CT molecular complexity index is 682. The number of rotatable bonds is 2. The minimum Gasteiger partial charge on any atom is -0.497 e. The Morgan fingerprint density at radius 1 is 1.35 bits per heavy atom. The first kappa shape index (κ1) is 13.0. The second kappa shape index (κ2) is 5.18. The molecule has 2 aliphatic rings. The summed E-state index contributed by atoms with van der Waals surface area (Å²) in [5.41, 5.74) is 1.41. The molecule has 0 radical (unpaired) electrons. The molecule has 0 amide bonds. The summed E-state index contributed by atoms with van der Waals surface area (Å²) in [5, 5.41) is 9.29. The summed E-state index contributed by atoms with van der Waals surface area (Å²) in [6, 6.07) is 7.87. The summed E-state index contributed by atoms with van der Waals surface area (Å²) in [6.07, 6.45) is 7.94. The van der Waals surface area contributed by atoms with Crippen molar-refractivity contribution in [3.63, 3.8) is 0 Å². The maximum absolute atomic E-state index is 9.29. The van der Waals surface area contributed by atoms with Gasteiger partial charge in [-0.25, -0.2) is 0 Å². The molecule has 3 rings (SSSR count). The van der Waals surface area contributed by atoms with Crippen molar-refractivity contribution < 1.29 is 9.47 Å². The van der Waals surface area contributed by atoms with Crippen LogP contribution in [0.2, 0.25) is 0 Å². The molecule has 4 heteroatoms. The molecule has 0 saturated heterocycles. The third-order valence-corrected chi connectivity index (χ3v) is 4.08. The van der Waals surface area contributed by atoms with Crippen LogP contribution < -0.4 is 0 Å². The molecule has 0 bridgehead atoms. The molecule has 0 aromatic heterocycles. The lowest BCUT2D eigenvalue weighted by molar-refractivity contribution is 0.205. The first-order valence-corrected chi connectivity index (χ1v) is 7.03. The number of allylic oxidation sites excluding steroid dienone is 1. The molecule has 3 nitrogen and oxygen atoms in total. The van der Waals surface area contributed by atoms with E-state index < -0.39 is 0 Å². The summed E-state index contributed by atoms with van der Waals surface area (Å²) >= 11 is 3.40. The normalized spacial score (nSPS) is 23.2. The van der Waals surface area contributed by atoms with E-state index in [2.05, 4.69) is 22.0 Å². The van der Waals surface area contributed by atoms with Gasteiger partial charge in [-0.1, -0.05) is 6.07 Å². The van der Waals surface area contributed by atoms with E-state index in [-0.39, 0.29) is 12.0 Å². The van der Waals surface area contributed by atoms with Gasteiger partial charge in [0.1, 0.15) is 23.7 Å². The number of halogens is 1. The van der Waals surface area contributed by atoms with Gasteiger partial charge in [-0.3, -0.25) is 0 Å². The van der Waals surface area contributed by atoms with Crippen molar-refractivity contribution in [2.45, 2.75) is 6.10 Å². The molecule has 0 spiro atoms. The predicted molar refractivity (Wildman–Crippen MR) is 79.4 cm³/mol. The van der Waals surface area contributed by atoms with Crippen LogP contribution in [-0.2, 0) is 9.47 Å². The fourth-order valence-corrected chi connectivity index (χ4v) is 2.87. The van der Waals surface area contributed by atoms with E-state index in [9.17, 15) is 5.26 Å². The SMILES string of the molecule is COC1=CC2C=C(c3cccc(Br)c3C#N)OC2C=C1. The van der Waals surface area contributed by atoms with Gasteiger partial charge < -0.3 is 9.47 Å². The van der Waals surface area contributed by atoms with Crippen LogP contribution in [0.1, 0.15) is 11.1 Å². The molecule has 0 fully saturated rings. The van der Waals surface area contributed by atoms with Crippen LogP contribution in [0.25, 0.3) is 5.76 Å². The summed E-state index contributed by atoms with van der Waals surface area (Å²) in [5.74, 6) is 1.73. The van der Waals surface area contributed by atoms with Gasteiger partial charge in [0, 0.05) is 16.0 Å². The second-order valence-electron chi connectivity index (χ2n) is 4.60. The Morgan fingerprint density at radius 3 is 2.95 bits per heavy atom. The lowest BCUT2D eigenvalue weighted by atomic mass is 9.97. The third kappa shape index (κ3) is 2.14. The highest BCUT2D eigenvalue weighted by Crippen LogP contribution is 2.37. The van der Waals surface area contributed by atoms with Crippen LogP contribution >= 0.6 is 15.9 Å². The number of nitriles is 1. The van der Waals surface area contributed by atoms with Crippen LogP contribution in [0, 0.1) is 17.2 Å². The van der Waals surface area contributed by atoms with Crippen molar-refractivity contribution >= 4 is 21.7 Å². The monoisotopic (exact) mass is 329 g/mol. The number of ether oxygens (including phenoxy) is 2. The Hall–Kier alpha value is -1.99. The van der Waals surface area contributed by atoms with Crippen molar-refractivity contribution in [1.82, 2.24) is 0 Å². The zero-order valence-corrected chi connectivity index (χ0v) is 12.4. The van der Waals surface area contributed by atoms with Gasteiger partial charge in [-0.15, -0.1) is 0 Å². The largest absolute Gasteiger partial charge is 0.497 e. The van der Waals surface area contributed by atoms with Gasteiger partial charge >= 0.3 is 0 Å². The first-order valence-electron chi connectivity index (χ1n) is 6.24. The molecular weight excluding hydrogens is 318 g/mol. The van der Waals surface area contributed by atoms with Crippen LogP contribution in [0.4, 0.5) is 0 Å². The van der Waals surface area contributed by atoms with Gasteiger partial charge in [0.15, 0.2) is 0 Å². The van der Waals surface area contributed by atoms with E-state index in [4.69, 9.17) is 9.47 Å². The van der Waals surface area contributed by atoms with E-state index >= 15 is 0 Å². The Balaban J connectivity index is 1.99. The highest BCUT2D eigenvalue weighted by molar-refractivity contribution is 9.10. The third-order valence-electron chi connectivity index (χ3n) is 3.42. The summed E-state index contributed by atoms with van der Waals surface area (Å²) < 4.78 is 12.0. The molecule has 1 aliphatic heterocycles. The Labute approximate surface area is 125 Å². The molecule has 1 heterocycles. The number of hydrogen-bond acceptors (Lipinski definition) is 3. The van der Waals surface area contributed by atoms with E-state index in [1.54, 1.807) is 7.11 Å². The van der Waals surface area contributed by atoms with Crippen LogP contribution in [0.15, 0.2) is 52.7 Å². The molecule has 2 atom stereocenters. The van der Waals surface area contributed by atoms with Crippen molar-refractivity contribution in [1.29, 1.82) is 5.26 Å². The van der Waals surface area contributed by atoms with Crippen molar-refractivity contribution in [3.05, 3.63) is 63.9 Å². The van der Waals surface area contributed by atoms with Gasteiger partial charge in [-0.2, -0.15) is 5.26 Å². The van der Waals surface area contributed by atoms with Gasteiger partial charge in [0.2, 0.25) is 0 Å². The van der Waals surface area contributed by atoms with Gasteiger partial charge in [-0.05, 0) is 52.4 Å². The number of fused-ring (bicyclic) bond motifs is 1. The molecule has 0 N–H and O–H groups in total. The molecule has 1 aromatic rings. The molecule has 100 valence electrons. The maximum atomic E-state index is 9.29. The maximum Gasteiger partial charge on any atom is 0.127 e. The lowest BCUT2D eigenvalue weighted by Gasteiger charge is -2.18. The number of methoxy groups -OCH3 is 1. The zero-order chi connectivity index (χ0) is 14.1. The van der Waals surface area contributed by atoms with Crippen LogP contribution in [0.5, 0.6) is 0 Å². The van der Waals surface area contributed by atoms with Crippen LogP contribution in [-0.4, -0.2) is 13.2 Å². The first-order chi connectivity index (χ1) is 9.72. The Kier molecular flexibility index (Phi) is 3.37. The number of hydrogen-bond donors (Lipinski definition) is 0. The average molecular weight is 330 g/mol. The quantitative estimate of drug-likeness (QED) is 0.829. The summed E-state index contributed by atoms with van der Waals surface area (Å²) in [4.78, 5) is 0. The van der Waals surface area contributed by atoms with E-state index in [0.29, 0.717) is 5.56 Å². The van der Waals surface area contributed by atoms with Crippen molar-refractivity contribution in [2.75, 3.05) is 7.11 Å². The second-order valence-corrected chi connectivity index (χ2v) is 5.45. The lowest BCUT2D eigenvalue weighted by Crippen LogP contribution is -2.15. The predicted octanol–water partition coefficient (Wildman–Crippen LogP) is 3.78. The van der Waals surface area contributed by atoms with Gasteiger partial charge in [0.05, 0.1) is 12.7 Å². The fraction of sp³-hybridized carbons (Fsp3) is 0.188.